The first-order valence-electron chi connectivity index (χ1n) is 6.67. The van der Waals surface area contributed by atoms with E-state index in [4.69, 9.17) is 27.4 Å². The second-order valence-corrected chi connectivity index (χ2v) is 6.13. The zero-order chi connectivity index (χ0) is 14.0. The van der Waals surface area contributed by atoms with Crippen LogP contribution in [0.25, 0.3) is 0 Å². The highest BCUT2D eigenvalue weighted by molar-refractivity contribution is 7.80. The van der Waals surface area contributed by atoms with Gasteiger partial charge < -0.3 is 15.2 Å². The minimum Gasteiger partial charge on any atom is -0.486 e. The van der Waals surface area contributed by atoms with Crippen LogP contribution in [0.4, 0.5) is 0 Å². The van der Waals surface area contributed by atoms with Crippen molar-refractivity contribution in [2.45, 2.75) is 51.7 Å². The Hall–Kier alpha value is -1.29. The molecule has 1 unspecified atom stereocenters. The highest BCUT2D eigenvalue weighted by atomic mass is 32.1. The summed E-state index contributed by atoms with van der Waals surface area (Å²) in [6.45, 7) is 6.24. The average Bonchev–Trinajstić information content (AvgIpc) is 2.62. The average molecular weight is 279 g/mol. The lowest BCUT2D eigenvalue weighted by Crippen LogP contribution is -2.25. The summed E-state index contributed by atoms with van der Waals surface area (Å²) in [5.41, 5.74) is 6.64. The maximum Gasteiger partial charge on any atom is 0.165 e. The number of benzene rings is 1. The molecule has 19 heavy (non-hydrogen) atoms. The van der Waals surface area contributed by atoms with Gasteiger partial charge >= 0.3 is 0 Å². The number of hydrogen-bond acceptors (Lipinski definition) is 3. The molecule has 0 saturated heterocycles. The molecule has 4 heteroatoms. The highest BCUT2D eigenvalue weighted by Gasteiger charge is 2.32. The molecule has 0 aromatic heterocycles. The van der Waals surface area contributed by atoms with Crippen molar-refractivity contribution in [3.05, 3.63) is 23.8 Å². The number of rotatable bonds is 5. The molecule has 0 fully saturated rings. The van der Waals surface area contributed by atoms with Gasteiger partial charge in [-0.15, -0.1) is 0 Å². The lowest BCUT2D eigenvalue weighted by atomic mass is 10.0. The topological polar surface area (TPSA) is 44.5 Å². The van der Waals surface area contributed by atoms with Crippen LogP contribution in [0.3, 0.4) is 0 Å². The van der Waals surface area contributed by atoms with Crippen LogP contribution >= 0.6 is 12.2 Å². The predicted octanol–water partition coefficient (Wildman–Crippen LogP) is 3.23. The van der Waals surface area contributed by atoms with Gasteiger partial charge in [-0.25, -0.2) is 0 Å². The minimum absolute atomic E-state index is 0.0105. The number of nitrogens with two attached hydrogens (primary N) is 1. The summed E-state index contributed by atoms with van der Waals surface area (Å²) in [5, 5.41) is 0. The molecule has 0 saturated carbocycles. The monoisotopic (exact) mass is 279 g/mol. The molecule has 0 amide bonds. The Kier molecular flexibility index (Phi) is 3.99. The van der Waals surface area contributed by atoms with Gasteiger partial charge in [0.2, 0.25) is 0 Å². The summed E-state index contributed by atoms with van der Waals surface area (Å²) in [6, 6.07) is 6.04. The molecule has 0 aliphatic carbocycles. The van der Waals surface area contributed by atoms with E-state index < -0.39 is 0 Å². The van der Waals surface area contributed by atoms with Gasteiger partial charge in [0.05, 0.1) is 4.99 Å². The van der Waals surface area contributed by atoms with Gasteiger partial charge in [0.15, 0.2) is 11.5 Å². The third-order valence-electron chi connectivity index (χ3n) is 3.23. The number of hydrogen-bond donors (Lipinski definition) is 1. The molecule has 1 aromatic rings. The van der Waals surface area contributed by atoms with Crippen LogP contribution in [0, 0.1) is 0 Å². The number of thiocarbonyl (C=S) groups is 1. The predicted molar refractivity (Wildman–Crippen MR) is 81.0 cm³/mol. The fourth-order valence-electron chi connectivity index (χ4n) is 2.35. The van der Waals surface area contributed by atoms with Crippen molar-refractivity contribution in [1.29, 1.82) is 0 Å². The lowest BCUT2D eigenvalue weighted by molar-refractivity contribution is 0.125. The van der Waals surface area contributed by atoms with Crippen LogP contribution in [0.15, 0.2) is 18.2 Å². The summed E-state index contributed by atoms with van der Waals surface area (Å²) < 4.78 is 12.0. The number of fused-ring (bicyclic) bond motifs is 1. The Morgan fingerprint density at radius 1 is 1.53 bits per heavy atom. The van der Waals surface area contributed by atoms with E-state index in [1.54, 1.807) is 0 Å². The molecule has 0 radical (unpaired) electrons. The fraction of sp³-hybridized carbons (Fsp3) is 0.533. The molecule has 0 spiro atoms. The first-order valence-corrected chi connectivity index (χ1v) is 7.08. The molecule has 1 aliphatic rings. The normalized spacial score (nSPS) is 17.4. The van der Waals surface area contributed by atoms with Crippen LogP contribution in [0.1, 0.15) is 39.2 Å². The van der Waals surface area contributed by atoms with Crippen molar-refractivity contribution in [3.63, 3.8) is 0 Å². The fourth-order valence-corrected chi connectivity index (χ4v) is 2.54. The van der Waals surface area contributed by atoms with Crippen molar-refractivity contribution in [2.24, 2.45) is 5.73 Å². The van der Waals surface area contributed by atoms with E-state index in [-0.39, 0.29) is 11.7 Å². The zero-order valence-corrected chi connectivity index (χ0v) is 12.5. The Morgan fingerprint density at radius 3 is 2.89 bits per heavy atom. The minimum atomic E-state index is -0.160. The summed E-state index contributed by atoms with van der Waals surface area (Å²) in [4.78, 5) is 0.487. The first kappa shape index (κ1) is 14.1. The van der Waals surface area contributed by atoms with Crippen molar-refractivity contribution in [3.8, 4) is 11.5 Å². The second kappa shape index (κ2) is 5.37. The van der Waals surface area contributed by atoms with E-state index in [9.17, 15) is 0 Å². The Balaban J connectivity index is 2.19. The molecule has 2 N–H and O–H groups in total. The third-order valence-corrected chi connectivity index (χ3v) is 3.40. The molecular weight excluding hydrogens is 258 g/mol. The van der Waals surface area contributed by atoms with E-state index in [1.807, 2.05) is 12.1 Å². The maximum atomic E-state index is 6.02. The number of ether oxygens (including phenoxy) is 2. The van der Waals surface area contributed by atoms with Crippen molar-refractivity contribution >= 4 is 17.2 Å². The Morgan fingerprint density at radius 2 is 2.26 bits per heavy atom. The smallest absolute Gasteiger partial charge is 0.165 e. The SMILES string of the molecule is CCC(CC(N)=S)Oc1cccc2c1OC(C)(C)C2. The standard InChI is InChI=1S/C15H21NO2S/c1-4-11(8-13(16)19)17-12-7-5-6-10-9-15(2,3)18-14(10)12/h5-7,11H,4,8-9H2,1-3H3,(H2,16,19). The van der Waals surface area contributed by atoms with E-state index in [0.29, 0.717) is 11.4 Å². The first-order chi connectivity index (χ1) is 8.91. The molecular formula is C15H21NO2S. The molecule has 1 aromatic carbocycles. The van der Waals surface area contributed by atoms with Crippen molar-refractivity contribution in [1.82, 2.24) is 0 Å². The van der Waals surface area contributed by atoms with E-state index in [1.165, 1.54) is 5.56 Å². The highest BCUT2D eigenvalue weighted by Crippen LogP contribution is 2.42. The molecule has 2 rings (SSSR count). The Bertz CT molecular complexity index is 485. The van der Waals surface area contributed by atoms with Crippen molar-refractivity contribution in [2.75, 3.05) is 0 Å². The van der Waals surface area contributed by atoms with Gasteiger partial charge in [0, 0.05) is 18.4 Å². The van der Waals surface area contributed by atoms with Gasteiger partial charge in [-0.2, -0.15) is 0 Å². The van der Waals surface area contributed by atoms with Gasteiger partial charge in [-0.3, -0.25) is 0 Å². The van der Waals surface area contributed by atoms with E-state index >= 15 is 0 Å². The molecule has 1 heterocycles. The second-order valence-electron chi connectivity index (χ2n) is 5.60. The van der Waals surface area contributed by atoms with Gasteiger partial charge in [-0.1, -0.05) is 31.3 Å². The quantitative estimate of drug-likeness (QED) is 0.840. The van der Waals surface area contributed by atoms with Gasteiger partial charge in [0.1, 0.15) is 11.7 Å². The summed E-state index contributed by atoms with van der Waals surface area (Å²) in [5.74, 6) is 1.67. The largest absolute Gasteiger partial charge is 0.486 e. The Labute approximate surface area is 120 Å². The van der Waals surface area contributed by atoms with Crippen LogP contribution in [-0.4, -0.2) is 16.7 Å². The summed E-state index contributed by atoms with van der Waals surface area (Å²) >= 11 is 4.96. The maximum absolute atomic E-state index is 6.02. The van der Waals surface area contributed by atoms with Gasteiger partial charge in [-0.05, 0) is 26.3 Å². The molecule has 104 valence electrons. The molecule has 3 nitrogen and oxygen atoms in total. The van der Waals surface area contributed by atoms with Crippen LogP contribution in [0.5, 0.6) is 11.5 Å². The van der Waals surface area contributed by atoms with Crippen LogP contribution in [0.2, 0.25) is 0 Å². The molecule has 1 aliphatic heterocycles. The number of para-hydroxylation sites is 1. The van der Waals surface area contributed by atoms with Crippen LogP contribution in [-0.2, 0) is 6.42 Å². The van der Waals surface area contributed by atoms with Crippen LogP contribution < -0.4 is 15.2 Å². The summed E-state index contributed by atoms with van der Waals surface area (Å²) in [6.07, 6.45) is 2.38. The van der Waals surface area contributed by atoms with Crippen molar-refractivity contribution < 1.29 is 9.47 Å². The molecule has 1 atom stereocenters. The van der Waals surface area contributed by atoms with E-state index in [0.717, 1.165) is 24.3 Å². The van der Waals surface area contributed by atoms with Gasteiger partial charge in [0.25, 0.3) is 0 Å². The third kappa shape index (κ3) is 3.38. The lowest BCUT2D eigenvalue weighted by Gasteiger charge is -2.21. The molecule has 0 bridgehead atoms. The van der Waals surface area contributed by atoms with E-state index in [2.05, 4.69) is 26.8 Å². The zero-order valence-electron chi connectivity index (χ0n) is 11.7. The summed E-state index contributed by atoms with van der Waals surface area (Å²) in [7, 11) is 0.